The Bertz CT molecular complexity index is 996. The van der Waals surface area contributed by atoms with Gasteiger partial charge in [0.25, 0.3) is 5.56 Å². The van der Waals surface area contributed by atoms with Crippen molar-refractivity contribution in [1.29, 1.82) is 0 Å². The van der Waals surface area contributed by atoms with E-state index >= 15 is 0 Å². The first-order valence-electron chi connectivity index (χ1n) is 7.04. The van der Waals surface area contributed by atoms with Gasteiger partial charge >= 0.3 is 5.69 Å². The van der Waals surface area contributed by atoms with Crippen LogP contribution >= 0.6 is 0 Å². The molecule has 1 aromatic carbocycles. The minimum atomic E-state index is -0.335. The van der Waals surface area contributed by atoms with Gasteiger partial charge in [0.1, 0.15) is 0 Å². The Morgan fingerprint density at radius 1 is 0.955 bits per heavy atom. The first kappa shape index (κ1) is 14.3. The minimum absolute atomic E-state index is 0.318. The van der Waals surface area contributed by atoms with Gasteiger partial charge in [-0.15, -0.1) is 0 Å². The highest BCUT2D eigenvalue weighted by Gasteiger charge is 2.15. The monoisotopic (exact) mass is 295 g/mol. The second kappa shape index (κ2) is 4.94. The van der Waals surface area contributed by atoms with Crippen molar-refractivity contribution in [1.82, 2.24) is 14.1 Å². The van der Waals surface area contributed by atoms with Crippen molar-refractivity contribution in [3.8, 4) is 11.3 Å². The van der Waals surface area contributed by atoms with E-state index < -0.39 is 0 Å². The number of aryl methyl sites for hydroxylation is 3. The van der Waals surface area contributed by atoms with E-state index in [1.165, 1.54) is 11.6 Å². The maximum absolute atomic E-state index is 12.6. The van der Waals surface area contributed by atoms with Crippen LogP contribution in [0.4, 0.5) is 0 Å². The molecule has 0 N–H and O–H groups in total. The second-order valence-electron chi connectivity index (χ2n) is 5.58. The van der Waals surface area contributed by atoms with Crippen molar-refractivity contribution in [2.24, 2.45) is 14.1 Å². The van der Waals surface area contributed by atoms with Crippen LogP contribution in [0.15, 0.2) is 39.9 Å². The lowest BCUT2D eigenvalue weighted by Crippen LogP contribution is -2.37. The Hall–Kier alpha value is -2.69. The molecule has 112 valence electrons. The molecule has 2 aromatic heterocycles. The largest absolute Gasteiger partial charge is 0.330 e. The molecule has 0 aliphatic carbocycles. The Morgan fingerprint density at radius 2 is 1.59 bits per heavy atom. The molecule has 0 atom stereocenters. The first-order chi connectivity index (χ1) is 10.4. The summed E-state index contributed by atoms with van der Waals surface area (Å²) in [5.74, 6) is 0. The van der Waals surface area contributed by atoms with Crippen molar-refractivity contribution in [3.05, 3.63) is 62.4 Å². The SMILES string of the molecule is Cc1ccc(-c2nc(C)cc3c2c(=O)n(C)c(=O)n3C)cc1. The molecule has 0 saturated carbocycles. The molecule has 22 heavy (non-hydrogen) atoms. The molecule has 0 fully saturated rings. The van der Waals surface area contributed by atoms with Gasteiger partial charge in [-0.25, -0.2) is 4.79 Å². The number of hydrogen-bond donors (Lipinski definition) is 0. The molecule has 0 radical (unpaired) electrons. The molecule has 0 spiro atoms. The average Bonchev–Trinajstić information content (AvgIpc) is 2.50. The maximum Gasteiger partial charge on any atom is 0.330 e. The van der Waals surface area contributed by atoms with E-state index in [9.17, 15) is 9.59 Å². The van der Waals surface area contributed by atoms with Gasteiger partial charge in [-0.05, 0) is 19.9 Å². The lowest BCUT2D eigenvalue weighted by Gasteiger charge is -2.12. The van der Waals surface area contributed by atoms with Crippen LogP contribution in [0.5, 0.6) is 0 Å². The minimum Gasteiger partial charge on any atom is -0.296 e. The summed E-state index contributed by atoms with van der Waals surface area (Å²) in [6, 6.07) is 9.63. The number of aromatic nitrogens is 3. The molecular weight excluding hydrogens is 278 g/mol. The summed E-state index contributed by atoms with van der Waals surface area (Å²) >= 11 is 0. The van der Waals surface area contributed by atoms with Crippen LogP contribution in [-0.2, 0) is 14.1 Å². The Kier molecular flexibility index (Phi) is 3.20. The fourth-order valence-electron chi connectivity index (χ4n) is 2.63. The molecule has 5 heteroatoms. The van der Waals surface area contributed by atoms with Crippen molar-refractivity contribution in [2.75, 3.05) is 0 Å². The summed E-state index contributed by atoms with van der Waals surface area (Å²) in [6.07, 6.45) is 0. The zero-order chi connectivity index (χ0) is 16.0. The molecule has 0 bridgehead atoms. The molecule has 0 aliphatic heterocycles. The number of pyridine rings is 1. The summed E-state index contributed by atoms with van der Waals surface area (Å²) in [6.45, 7) is 3.87. The van der Waals surface area contributed by atoms with Gasteiger partial charge in [-0.2, -0.15) is 0 Å². The highest BCUT2D eigenvalue weighted by Crippen LogP contribution is 2.24. The lowest BCUT2D eigenvalue weighted by atomic mass is 10.0. The zero-order valence-electron chi connectivity index (χ0n) is 13.0. The number of benzene rings is 1. The van der Waals surface area contributed by atoms with Crippen LogP contribution in [-0.4, -0.2) is 14.1 Å². The standard InChI is InChI=1S/C17H17N3O2/c1-10-5-7-12(8-6-10)15-14-13(9-11(2)18-15)19(3)17(22)20(4)16(14)21/h5-9H,1-4H3. The van der Waals surface area contributed by atoms with Crippen LogP contribution in [0.1, 0.15) is 11.3 Å². The van der Waals surface area contributed by atoms with E-state index in [-0.39, 0.29) is 11.2 Å². The maximum atomic E-state index is 12.6. The number of fused-ring (bicyclic) bond motifs is 1. The van der Waals surface area contributed by atoms with Crippen LogP contribution in [0.25, 0.3) is 22.2 Å². The Balaban J connectivity index is 2.53. The normalized spacial score (nSPS) is 11.1. The van der Waals surface area contributed by atoms with Crippen LogP contribution in [0, 0.1) is 13.8 Å². The van der Waals surface area contributed by atoms with Gasteiger partial charge in [-0.3, -0.25) is 18.9 Å². The fraction of sp³-hybridized carbons (Fsp3) is 0.235. The zero-order valence-corrected chi connectivity index (χ0v) is 13.0. The molecule has 3 aromatic rings. The topological polar surface area (TPSA) is 56.9 Å². The smallest absolute Gasteiger partial charge is 0.296 e. The Labute approximate surface area is 127 Å². The van der Waals surface area contributed by atoms with Crippen LogP contribution < -0.4 is 11.2 Å². The van der Waals surface area contributed by atoms with Crippen molar-refractivity contribution < 1.29 is 0 Å². The van der Waals surface area contributed by atoms with Gasteiger partial charge in [0.15, 0.2) is 0 Å². The molecule has 5 nitrogen and oxygen atoms in total. The van der Waals surface area contributed by atoms with Crippen molar-refractivity contribution >= 4 is 10.9 Å². The Morgan fingerprint density at radius 3 is 2.23 bits per heavy atom. The second-order valence-corrected chi connectivity index (χ2v) is 5.58. The van der Waals surface area contributed by atoms with E-state index in [1.807, 2.05) is 38.1 Å². The number of hydrogen-bond acceptors (Lipinski definition) is 3. The highest BCUT2D eigenvalue weighted by atomic mass is 16.2. The molecule has 0 saturated heterocycles. The number of rotatable bonds is 1. The lowest BCUT2D eigenvalue weighted by molar-refractivity contribution is 0.713. The molecule has 0 aliphatic rings. The predicted molar refractivity (Wildman–Crippen MR) is 87.1 cm³/mol. The third-order valence-corrected chi connectivity index (χ3v) is 3.91. The van der Waals surface area contributed by atoms with Gasteiger partial charge in [0.2, 0.25) is 0 Å². The summed E-state index contributed by atoms with van der Waals surface area (Å²) in [5.41, 5.74) is 3.35. The van der Waals surface area contributed by atoms with Gasteiger partial charge in [0.05, 0.1) is 16.6 Å². The first-order valence-corrected chi connectivity index (χ1v) is 7.04. The summed E-state index contributed by atoms with van der Waals surface area (Å²) in [7, 11) is 3.16. The predicted octanol–water partition coefficient (Wildman–Crippen LogP) is 1.92. The number of nitrogens with zero attached hydrogens (tertiary/aromatic N) is 3. The fourth-order valence-corrected chi connectivity index (χ4v) is 2.63. The summed E-state index contributed by atoms with van der Waals surface area (Å²) in [5, 5.41) is 0.471. The van der Waals surface area contributed by atoms with Gasteiger partial charge in [0, 0.05) is 25.4 Å². The van der Waals surface area contributed by atoms with E-state index in [1.54, 1.807) is 13.1 Å². The quantitative estimate of drug-likeness (QED) is 0.689. The molecule has 0 amide bonds. The van der Waals surface area contributed by atoms with Crippen molar-refractivity contribution in [3.63, 3.8) is 0 Å². The van der Waals surface area contributed by atoms with E-state index in [0.29, 0.717) is 16.6 Å². The molecule has 3 rings (SSSR count). The summed E-state index contributed by atoms with van der Waals surface area (Å²) < 4.78 is 2.61. The molecule has 0 unspecified atom stereocenters. The third-order valence-electron chi connectivity index (χ3n) is 3.91. The third kappa shape index (κ3) is 2.06. The molecule has 2 heterocycles. The van der Waals surface area contributed by atoms with Crippen LogP contribution in [0.3, 0.4) is 0 Å². The molecular formula is C17H17N3O2. The van der Waals surface area contributed by atoms with Crippen LogP contribution in [0.2, 0.25) is 0 Å². The average molecular weight is 295 g/mol. The van der Waals surface area contributed by atoms with E-state index in [4.69, 9.17) is 0 Å². The van der Waals surface area contributed by atoms with Crippen molar-refractivity contribution in [2.45, 2.75) is 13.8 Å². The summed E-state index contributed by atoms with van der Waals surface area (Å²) in [4.78, 5) is 29.2. The van der Waals surface area contributed by atoms with Gasteiger partial charge < -0.3 is 0 Å². The highest BCUT2D eigenvalue weighted by molar-refractivity contribution is 5.92. The van der Waals surface area contributed by atoms with Gasteiger partial charge in [-0.1, -0.05) is 29.8 Å². The van der Waals surface area contributed by atoms with E-state index in [0.717, 1.165) is 21.4 Å². The van der Waals surface area contributed by atoms with E-state index in [2.05, 4.69) is 4.98 Å².